The second kappa shape index (κ2) is 11.3. The average molecular weight is 254 g/mol. The fraction of sp³-hybridized carbons (Fsp3) is 0.812. The van der Waals surface area contributed by atoms with Crippen LogP contribution in [0.3, 0.4) is 0 Å². The molecule has 0 aromatic heterocycles. The predicted molar refractivity (Wildman–Crippen MR) is 77.6 cm³/mol. The van der Waals surface area contributed by atoms with Crippen molar-refractivity contribution in [2.24, 2.45) is 0 Å². The fourth-order valence-electron chi connectivity index (χ4n) is 1.96. The summed E-state index contributed by atoms with van der Waals surface area (Å²) < 4.78 is 5.26. The summed E-state index contributed by atoms with van der Waals surface area (Å²) in [6.07, 6.45) is 9.02. The molecule has 106 valence electrons. The van der Waals surface area contributed by atoms with Gasteiger partial charge in [0.15, 0.2) is 0 Å². The topological polar surface area (TPSA) is 26.3 Å². The number of allylic oxidation sites excluding steroid dienone is 1. The van der Waals surface area contributed by atoms with Crippen molar-refractivity contribution in [3.63, 3.8) is 0 Å². The zero-order valence-electron chi connectivity index (χ0n) is 12.7. The number of carbonyl (C=O) groups is 1. The summed E-state index contributed by atoms with van der Waals surface area (Å²) in [4.78, 5) is 11.8. The highest BCUT2D eigenvalue weighted by Crippen LogP contribution is 2.18. The third-order valence-corrected chi connectivity index (χ3v) is 3.33. The molecule has 2 nitrogen and oxygen atoms in total. The zero-order chi connectivity index (χ0) is 13.8. The smallest absolute Gasteiger partial charge is 0.333 e. The monoisotopic (exact) mass is 254 g/mol. The second-order valence-corrected chi connectivity index (χ2v) is 4.88. The van der Waals surface area contributed by atoms with Gasteiger partial charge in [-0.15, -0.1) is 0 Å². The molecule has 0 bridgehead atoms. The van der Waals surface area contributed by atoms with Crippen LogP contribution in [0.15, 0.2) is 11.1 Å². The van der Waals surface area contributed by atoms with E-state index in [1.165, 1.54) is 31.3 Å². The van der Waals surface area contributed by atoms with Gasteiger partial charge in [0.2, 0.25) is 0 Å². The summed E-state index contributed by atoms with van der Waals surface area (Å²) >= 11 is 0. The van der Waals surface area contributed by atoms with E-state index < -0.39 is 0 Å². The summed E-state index contributed by atoms with van der Waals surface area (Å²) in [6, 6.07) is 0. The molecular formula is C16H30O2. The predicted octanol–water partition coefficient (Wildman–Crippen LogP) is 5.03. The van der Waals surface area contributed by atoms with E-state index in [0.29, 0.717) is 6.61 Å². The molecule has 0 saturated carbocycles. The number of rotatable bonds is 10. The molecule has 0 rings (SSSR count). The number of hydrogen-bond acceptors (Lipinski definition) is 2. The Hall–Kier alpha value is -0.790. The third kappa shape index (κ3) is 7.52. The van der Waals surface area contributed by atoms with Crippen molar-refractivity contribution >= 4 is 5.97 Å². The standard InChI is InChI=1S/C16H30O2/c1-5-8-10-11-12-15(7-3)14(4)16(17)18-13-9-6-2/h5-13H2,1-4H3/b15-14-. The molecule has 0 atom stereocenters. The van der Waals surface area contributed by atoms with Gasteiger partial charge >= 0.3 is 5.97 Å². The van der Waals surface area contributed by atoms with Crippen LogP contribution in [-0.2, 0) is 9.53 Å². The summed E-state index contributed by atoms with van der Waals surface area (Å²) in [5, 5.41) is 0. The normalized spacial score (nSPS) is 12.2. The van der Waals surface area contributed by atoms with Gasteiger partial charge in [-0.2, -0.15) is 0 Å². The highest BCUT2D eigenvalue weighted by Gasteiger charge is 2.10. The van der Waals surface area contributed by atoms with Crippen LogP contribution in [0.4, 0.5) is 0 Å². The van der Waals surface area contributed by atoms with Crippen LogP contribution in [0.1, 0.15) is 79.1 Å². The van der Waals surface area contributed by atoms with Crippen LogP contribution >= 0.6 is 0 Å². The lowest BCUT2D eigenvalue weighted by atomic mass is 10.00. The Morgan fingerprint density at radius 2 is 1.61 bits per heavy atom. The van der Waals surface area contributed by atoms with Crippen LogP contribution < -0.4 is 0 Å². The highest BCUT2D eigenvalue weighted by atomic mass is 16.5. The lowest BCUT2D eigenvalue weighted by Crippen LogP contribution is -2.09. The SMILES string of the molecule is CCCCCC/C(CC)=C(/C)C(=O)OCCCC. The molecule has 0 fully saturated rings. The van der Waals surface area contributed by atoms with Crippen molar-refractivity contribution < 1.29 is 9.53 Å². The van der Waals surface area contributed by atoms with Gasteiger partial charge < -0.3 is 4.74 Å². The van der Waals surface area contributed by atoms with Crippen LogP contribution in [0, 0.1) is 0 Å². The molecule has 18 heavy (non-hydrogen) atoms. The van der Waals surface area contributed by atoms with Crippen LogP contribution in [0.5, 0.6) is 0 Å². The number of unbranched alkanes of at least 4 members (excludes halogenated alkanes) is 4. The first-order chi connectivity index (χ1) is 8.67. The number of esters is 1. The summed E-state index contributed by atoms with van der Waals surface area (Å²) in [5.74, 6) is -0.115. The van der Waals surface area contributed by atoms with Crippen LogP contribution in [0.25, 0.3) is 0 Å². The van der Waals surface area contributed by atoms with E-state index in [4.69, 9.17) is 4.74 Å². The van der Waals surface area contributed by atoms with Gasteiger partial charge in [-0.1, -0.05) is 52.0 Å². The quantitative estimate of drug-likeness (QED) is 0.310. The number of hydrogen-bond donors (Lipinski definition) is 0. The first-order valence-electron chi connectivity index (χ1n) is 7.53. The van der Waals surface area contributed by atoms with Crippen LogP contribution in [0.2, 0.25) is 0 Å². The molecule has 0 heterocycles. The molecule has 0 amide bonds. The Morgan fingerprint density at radius 1 is 0.944 bits per heavy atom. The molecule has 0 saturated heterocycles. The van der Waals surface area contributed by atoms with Crippen molar-refractivity contribution in [3.8, 4) is 0 Å². The number of ether oxygens (including phenoxy) is 1. The summed E-state index contributed by atoms with van der Waals surface area (Å²) in [7, 11) is 0. The molecule has 0 N–H and O–H groups in total. The molecule has 2 heteroatoms. The van der Waals surface area contributed by atoms with E-state index in [9.17, 15) is 4.79 Å². The van der Waals surface area contributed by atoms with Crippen molar-refractivity contribution in [2.45, 2.75) is 79.1 Å². The highest BCUT2D eigenvalue weighted by molar-refractivity contribution is 5.88. The first kappa shape index (κ1) is 17.2. The zero-order valence-corrected chi connectivity index (χ0v) is 12.7. The lowest BCUT2D eigenvalue weighted by molar-refractivity contribution is -0.139. The fourth-order valence-corrected chi connectivity index (χ4v) is 1.96. The van der Waals surface area contributed by atoms with E-state index in [0.717, 1.165) is 31.3 Å². The van der Waals surface area contributed by atoms with Crippen molar-refractivity contribution in [2.75, 3.05) is 6.61 Å². The van der Waals surface area contributed by atoms with Crippen molar-refractivity contribution in [1.29, 1.82) is 0 Å². The third-order valence-electron chi connectivity index (χ3n) is 3.33. The minimum Gasteiger partial charge on any atom is -0.462 e. The average Bonchev–Trinajstić information content (AvgIpc) is 2.38. The molecule has 0 unspecified atom stereocenters. The Morgan fingerprint density at radius 3 is 2.17 bits per heavy atom. The molecule has 0 radical (unpaired) electrons. The molecule has 0 aliphatic rings. The van der Waals surface area contributed by atoms with E-state index in [2.05, 4.69) is 20.8 Å². The Kier molecular flexibility index (Phi) is 10.8. The second-order valence-electron chi connectivity index (χ2n) is 4.88. The molecular weight excluding hydrogens is 224 g/mol. The van der Waals surface area contributed by atoms with Gasteiger partial charge in [-0.05, 0) is 32.6 Å². The van der Waals surface area contributed by atoms with Gasteiger partial charge in [0.1, 0.15) is 0 Å². The summed E-state index contributed by atoms with van der Waals surface area (Å²) in [6.45, 7) is 8.90. The molecule has 0 aliphatic carbocycles. The van der Waals surface area contributed by atoms with Gasteiger partial charge in [0.05, 0.1) is 6.61 Å². The Bertz CT molecular complexity index is 254. The minimum atomic E-state index is -0.115. The van der Waals surface area contributed by atoms with E-state index in [1.807, 2.05) is 6.92 Å². The minimum absolute atomic E-state index is 0.115. The van der Waals surface area contributed by atoms with Gasteiger partial charge in [-0.3, -0.25) is 0 Å². The summed E-state index contributed by atoms with van der Waals surface area (Å²) in [5.41, 5.74) is 2.11. The molecule has 0 aliphatic heterocycles. The van der Waals surface area contributed by atoms with E-state index in [1.54, 1.807) is 0 Å². The Labute approximate surface area is 113 Å². The van der Waals surface area contributed by atoms with Gasteiger partial charge in [-0.25, -0.2) is 4.79 Å². The maximum absolute atomic E-state index is 11.8. The van der Waals surface area contributed by atoms with Gasteiger partial charge in [0.25, 0.3) is 0 Å². The molecule has 0 aromatic rings. The first-order valence-corrected chi connectivity index (χ1v) is 7.53. The maximum Gasteiger partial charge on any atom is 0.333 e. The van der Waals surface area contributed by atoms with Gasteiger partial charge in [0, 0.05) is 5.57 Å². The largest absolute Gasteiger partial charge is 0.462 e. The van der Waals surface area contributed by atoms with Crippen LogP contribution in [-0.4, -0.2) is 12.6 Å². The molecule has 0 spiro atoms. The Balaban J connectivity index is 4.18. The van der Waals surface area contributed by atoms with Crippen molar-refractivity contribution in [3.05, 3.63) is 11.1 Å². The van der Waals surface area contributed by atoms with E-state index in [-0.39, 0.29) is 5.97 Å². The number of carbonyl (C=O) groups excluding carboxylic acids is 1. The maximum atomic E-state index is 11.8. The molecule has 0 aromatic carbocycles. The lowest BCUT2D eigenvalue weighted by Gasteiger charge is -2.10. The van der Waals surface area contributed by atoms with E-state index >= 15 is 0 Å². The van der Waals surface area contributed by atoms with Crippen molar-refractivity contribution in [1.82, 2.24) is 0 Å².